The van der Waals surface area contributed by atoms with E-state index in [0.29, 0.717) is 19.8 Å². The molecule has 1 unspecified atom stereocenters. The fourth-order valence-corrected chi connectivity index (χ4v) is 2.04. The Morgan fingerprint density at radius 3 is 2.60 bits per heavy atom. The highest BCUT2D eigenvalue weighted by Crippen LogP contribution is 2.13. The summed E-state index contributed by atoms with van der Waals surface area (Å²) in [6, 6.07) is 6.23. The lowest BCUT2D eigenvalue weighted by atomic mass is 10.1. The first-order valence-corrected chi connectivity index (χ1v) is 6.56. The summed E-state index contributed by atoms with van der Waals surface area (Å²) in [6.45, 7) is 3.66. The van der Waals surface area contributed by atoms with Crippen molar-refractivity contribution in [2.24, 2.45) is 0 Å². The van der Waals surface area contributed by atoms with Crippen molar-refractivity contribution in [3.8, 4) is 0 Å². The van der Waals surface area contributed by atoms with Gasteiger partial charge in [-0.3, -0.25) is 15.0 Å². The quantitative estimate of drug-likeness (QED) is 0.649. The highest BCUT2D eigenvalue weighted by Gasteiger charge is 2.12. The maximum atomic E-state index is 10.5. The molecule has 108 valence electrons. The number of aliphatic hydroxyl groups excluding tert-OH is 1. The van der Waals surface area contributed by atoms with Gasteiger partial charge in [0.05, 0.1) is 24.2 Å². The fraction of sp³-hybridized carbons (Fsp3) is 0.429. The molecular weight excluding hydrogens is 260 g/mol. The van der Waals surface area contributed by atoms with Gasteiger partial charge in [0.1, 0.15) is 0 Å². The van der Waals surface area contributed by atoms with E-state index in [0.717, 1.165) is 18.7 Å². The van der Waals surface area contributed by atoms with Gasteiger partial charge in [-0.2, -0.15) is 0 Å². The summed E-state index contributed by atoms with van der Waals surface area (Å²) in [5.74, 6) is 0. The van der Waals surface area contributed by atoms with Gasteiger partial charge in [0.2, 0.25) is 0 Å². The van der Waals surface area contributed by atoms with Crippen LogP contribution in [0.3, 0.4) is 0 Å². The van der Waals surface area contributed by atoms with Gasteiger partial charge in [-0.15, -0.1) is 0 Å². The Morgan fingerprint density at radius 2 is 2.00 bits per heavy atom. The number of nitro benzene ring substituents is 1. The molecule has 6 heteroatoms. The number of β-amino-alcohol motifs (C(OH)–C–C–N with tert-alkyl or cyclic N) is 1. The van der Waals surface area contributed by atoms with Crippen LogP contribution in [0.5, 0.6) is 0 Å². The van der Waals surface area contributed by atoms with Crippen LogP contribution < -0.4 is 0 Å². The summed E-state index contributed by atoms with van der Waals surface area (Å²) in [5.41, 5.74) is 0.896. The van der Waals surface area contributed by atoms with E-state index in [2.05, 4.69) is 4.90 Å². The first kappa shape index (κ1) is 14.6. The second-order valence-corrected chi connectivity index (χ2v) is 4.69. The number of hydrogen-bond donors (Lipinski definition) is 1. The molecule has 20 heavy (non-hydrogen) atoms. The number of non-ortho nitro benzene ring substituents is 1. The number of nitrogens with zero attached hydrogens (tertiary/aromatic N) is 2. The fourth-order valence-electron chi connectivity index (χ4n) is 2.04. The summed E-state index contributed by atoms with van der Waals surface area (Å²) >= 11 is 0. The molecule has 0 aliphatic carbocycles. The third kappa shape index (κ3) is 4.41. The highest BCUT2D eigenvalue weighted by molar-refractivity contribution is 5.52. The molecule has 1 atom stereocenters. The maximum Gasteiger partial charge on any atom is 0.269 e. The van der Waals surface area contributed by atoms with E-state index in [9.17, 15) is 15.2 Å². The largest absolute Gasteiger partial charge is 0.388 e. The lowest BCUT2D eigenvalue weighted by Crippen LogP contribution is -2.40. The van der Waals surface area contributed by atoms with Gasteiger partial charge in [-0.05, 0) is 17.7 Å². The van der Waals surface area contributed by atoms with E-state index in [4.69, 9.17) is 4.74 Å². The number of aliphatic hydroxyl groups is 1. The van der Waals surface area contributed by atoms with Crippen molar-refractivity contribution in [1.82, 2.24) is 4.90 Å². The van der Waals surface area contributed by atoms with E-state index in [-0.39, 0.29) is 5.69 Å². The van der Waals surface area contributed by atoms with Crippen LogP contribution in [-0.2, 0) is 4.74 Å². The number of benzene rings is 1. The molecule has 1 aliphatic heterocycles. The molecule has 1 aromatic carbocycles. The van der Waals surface area contributed by atoms with Crippen LogP contribution >= 0.6 is 0 Å². The summed E-state index contributed by atoms with van der Waals surface area (Å²) in [5, 5.41) is 20.5. The molecule has 1 fully saturated rings. The molecule has 0 bridgehead atoms. The zero-order chi connectivity index (χ0) is 14.4. The van der Waals surface area contributed by atoms with Crippen molar-refractivity contribution < 1.29 is 14.8 Å². The van der Waals surface area contributed by atoms with Gasteiger partial charge < -0.3 is 9.84 Å². The molecular formula is C14H18N2O4. The van der Waals surface area contributed by atoms with E-state index < -0.39 is 11.0 Å². The molecule has 0 radical (unpaired) electrons. The molecule has 0 amide bonds. The minimum Gasteiger partial charge on any atom is -0.388 e. The summed E-state index contributed by atoms with van der Waals surface area (Å²) in [7, 11) is 0. The van der Waals surface area contributed by atoms with Gasteiger partial charge in [0.25, 0.3) is 5.69 Å². The van der Waals surface area contributed by atoms with Crippen LogP contribution in [0.2, 0.25) is 0 Å². The van der Waals surface area contributed by atoms with Crippen molar-refractivity contribution in [2.75, 3.05) is 32.8 Å². The minimum atomic E-state index is -0.553. The van der Waals surface area contributed by atoms with E-state index in [1.807, 2.05) is 0 Å². The molecule has 0 spiro atoms. The van der Waals surface area contributed by atoms with Crippen molar-refractivity contribution in [3.05, 3.63) is 46.0 Å². The van der Waals surface area contributed by atoms with Crippen LogP contribution in [-0.4, -0.2) is 53.9 Å². The standard InChI is InChI=1S/C14H18N2O4/c17-14(11-15-7-9-20-10-8-15)6-3-12-1-4-13(5-2-12)16(18)19/h1-6,14,17H,7-11H2/b6-3-. The molecule has 2 rings (SSSR count). The van der Waals surface area contributed by atoms with E-state index in [1.54, 1.807) is 24.3 Å². The average molecular weight is 278 g/mol. The van der Waals surface area contributed by atoms with Crippen molar-refractivity contribution in [1.29, 1.82) is 0 Å². The van der Waals surface area contributed by atoms with Crippen LogP contribution in [0.4, 0.5) is 5.69 Å². The van der Waals surface area contributed by atoms with E-state index >= 15 is 0 Å². The third-order valence-electron chi connectivity index (χ3n) is 3.16. The predicted octanol–water partition coefficient (Wildman–Crippen LogP) is 1.30. The number of ether oxygens (including phenoxy) is 1. The molecule has 0 aromatic heterocycles. The zero-order valence-electron chi connectivity index (χ0n) is 11.1. The Hall–Kier alpha value is -1.76. The van der Waals surface area contributed by atoms with Crippen LogP contribution in [0.1, 0.15) is 5.56 Å². The van der Waals surface area contributed by atoms with Gasteiger partial charge >= 0.3 is 0 Å². The number of nitro groups is 1. The minimum absolute atomic E-state index is 0.0658. The third-order valence-corrected chi connectivity index (χ3v) is 3.16. The molecule has 1 heterocycles. The van der Waals surface area contributed by atoms with Gasteiger partial charge in [0.15, 0.2) is 0 Å². The van der Waals surface area contributed by atoms with Crippen LogP contribution in [0.25, 0.3) is 6.08 Å². The Bertz CT molecular complexity index is 467. The normalized spacial score (nSPS) is 18.2. The number of hydrogen-bond acceptors (Lipinski definition) is 5. The highest BCUT2D eigenvalue weighted by atomic mass is 16.6. The van der Waals surface area contributed by atoms with Gasteiger partial charge in [-0.1, -0.05) is 12.2 Å². The lowest BCUT2D eigenvalue weighted by Gasteiger charge is -2.27. The van der Waals surface area contributed by atoms with E-state index in [1.165, 1.54) is 12.1 Å². The Balaban J connectivity index is 1.86. The molecule has 1 saturated heterocycles. The molecule has 1 aromatic rings. The first-order chi connectivity index (χ1) is 9.65. The molecule has 6 nitrogen and oxygen atoms in total. The summed E-state index contributed by atoms with van der Waals surface area (Å²) in [6.07, 6.45) is 2.93. The lowest BCUT2D eigenvalue weighted by molar-refractivity contribution is -0.384. The maximum absolute atomic E-state index is 10.5. The van der Waals surface area contributed by atoms with Crippen molar-refractivity contribution >= 4 is 11.8 Å². The van der Waals surface area contributed by atoms with Gasteiger partial charge in [-0.25, -0.2) is 0 Å². The number of morpholine rings is 1. The van der Waals surface area contributed by atoms with Crippen molar-refractivity contribution in [3.63, 3.8) is 0 Å². The molecule has 1 N–H and O–H groups in total. The predicted molar refractivity (Wildman–Crippen MR) is 75.4 cm³/mol. The van der Waals surface area contributed by atoms with Crippen LogP contribution in [0, 0.1) is 10.1 Å². The smallest absolute Gasteiger partial charge is 0.269 e. The monoisotopic (exact) mass is 278 g/mol. The van der Waals surface area contributed by atoms with Gasteiger partial charge in [0, 0.05) is 31.8 Å². The Kier molecular flexibility index (Phi) is 5.23. The summed E-state index contributed by atoms with van der Waals surface area (Å²) < 4.78 is 5.24. The van der Waals surface area contributed by atoms with Crippen LogP contribution in [0.15, 0.2) is 30.3 Å². The number of rotatable bonds is 5. The topological polar surface area (TPSA) is 75.8 Å². The average Bonchev–Trinajstić information content (AvgIpc) is 2.46. The van der Waals surface area contributed by atoms with Crippen molar-refractivity contribution in [2.45, 2.75) is 6.10 Å². The zero-order valence-corrected chi connectivity index (χ0v) is 11.1. The molecule has 1 aliphatic rings. The SMILES string of the molecule is O=[N+]([O-])c1ccc(/C=C\C(O)CN2CCOCC2)cc1. The molecule has 0 saturated carbocycles. The summed E-state index contributed by atoms with van der Waals surface area (Å²) in [4.78, 5) is 12.2. The Labute approximate surface area is 117 Å². The first-order valence-electron chi connectivity index (χ1n) is 6.56. The second kappa shape index (κ2) is 7.14. The second-order valence-electron chi connectivity index (χ2n) is 4.69. The Morgan fingerprint density at radius 1 is 1.35 bits per heavy atom.